The lowest BCUT2D eigenvalue weighted by Gasteiger charge is -2.08. The van der Waals surface area contributed by atoms with E-state index in [0.717, 1.165) is 12.8 Å². The van der Waals surface area contributed by atoms with E-state index in [0.29, 0.717) is 52.8 Å². The topological polar surface area (TPSA) is 66.0 Å². The average Bonchev–Trinajstić information content (AvgIpc) is 2.43. The first-order chi connectivity index (χ1) is 9.31. The van der Waals surface area contributed by atoms with E-state index < -0.39 is 0 Å². The quantitative estimate of drug-likeness (QED) is 0.338. The van der Waals surface area contributed by atoms with Crippen LogP contribution in [0.2, 0.25) is 0 Å². The maximum Gasteiger partial charge on any atom is 0.124 e. The molecule has 0 bridgehead atoms. The molecule has 0 aromatic heterocycles. The predicted molar refractivity (Wildman–Crippen MR) is 72.4 cm³/mol. The van der Waals surface area contributed by atoms with Gasteiger partial charge in [0.25, 0.3) is 0 Å². The molecular formula is C13H27NO5. The first kappa shape index (κ1) is 18.5. The van der Waals surface area contributed by atoms with Gasteiger partial charge in [-0.05, 0) is 0 Å². The summed E-state index contributed by atoms with van der Waals surface area (Å²) in [5.74, 6) is 0.0569. The Morgan fingerprint density at radius 1 is 0.947 bits per heavy atom. The van der Waals surface area contributed by atoms with Crippen LogP contribution in [0.1, 0.15) is 6.92 Å². The molecule has 0 aromatic carbocycles. The van der Waals surface area contributed by atoms with E-state index in [1.807, 2.05) is 6.92 Å². The number of ether oxygens (including phenoxy) is 4. The number of rotatable bonds is 15. The van der Waals surface area contributed by atoms with Crippen LogP contribution in [-0.2, 0) is 23.7 Å². The molecule has 0 aliphatic heterocycles. The maximum atomic E-state index is 10.3. The number of carbonyl (C=O) groups is 1. The van der Waals surface area contributed by atoms with Gasteiger partial charge in [0.2, 0.25) is 0 Å². The predicted octanol–water partition coefficient (Wildman–Crippen LogP) is 0.107. The molecule has 0 aromatic rings. The van der Waals surface area contributed by atoms with Crippen LogP contribution in [0.5, 0.6) is 0 Å². The maximum absolute atomic E-state index is 10.3. The number of hydrogen-bond donors (Lipinski definition) is 1. The van der Waals surface area contributed by atoms with Crippen molar-refractivity contribution < 1.29 is 23.7 Å². The zero-order valence-corrected chi connectivity index (χ0v) is 12.1. The Balaban J connectivity index is 2.97. The minimum absolute atomic E-state index is 0.0569. The summed E-state index contributed by atoms with van der Waals surface area (Å²) in [5.41, 5.74) is 0. The van der Waals surface area contributed by atoms with Crippen LogP contribution >= 0.6 is 0 Å². The van der Waals surface area contributed by atoms with E-state index in [1.54, 1.807) is 7.11 Å². The highest BCUT2D eigenvalue weighted by Gasteiger charge is 1.97. The first-order valence-corrected chi connectivity index (χ1v) is 6.69. The van der Waals surface area contributed by atoms with Crippen molar-refractivity contribution in [1.82, 2.24) is 5.32 Å². The number of carbonyl (C=O) groups excluding carboxylic acids is 1. The molecule has 0 saturated carbocycles. The fraction of sp³-hybridized carbons (Fsp3) is 0.923. The Kier molecular flexibility index (Phi) is 15.1. The molecule has 1 unspecified atom stereocenters. The van der Waals surface area contributed by atoms with Crippen molar-refractivity contribution in [1.29, 1.82) is 0 Å². The minimum atomic E-state index is 0.0569. The molecule has 1 atom stereocenters. The van der Waals surface area contributed by atoms with Crippen LogP contribution in [0.15, 0.2) is 0 Å². The van der Waals surface area contributed by atoms with Crippen molar-refractivity contribution in [2.24, 2.45) is 5.92 Å². The highest BCUT2D eigenvalue weighted by molar-refractivity contribution is 5.52. The van der Waals surface area contributed by atoms with Crippen LogP contribution < -0.4 is 5.32 Å². The second kappa shape index (κ2) is 15.5. The Hall–Kier alpha value is -0.530. The Morgan fingerprint density at radius 3 is 2.00 bits per heavy atom. The molecule has 0 amide bonds. The van der Waals surface area contributed by atoms with Gasteiger partial charge in [-0.3, -0.25) is 0 Å². The molecule has 0 saturated heterocycles. The fourth-order valence-corrected chi connectivity index (χ4v) is 1.21. The molecule has 0 radical (unpaired) electrons. The Morgan fingerprint density at radius 2 is 1.47 bits per heavy atom. The SMILES string of the molecule is COCCOCCOCCOCCNCC(C)C=O. The monoisotopic (exact) mass is 277 g/mol. The number of nitrogens with one attached hydrogen (secondary N) is 1. The van der Waals surface area contributed by atoms with E-state index in [2.05, 4.69) is 5.32 Å². The van der Waals surface area contributed by atoms with Crippen LogP contribution in [0.25, 0.3) is 0 Å². The fourth-order valence-electron chi connectivity index (χ4n) is 1.21. The number of aldehydes is 1. The van der Waals surface area contributed by atoms with Crippen molar-refractivity contribution in [3.05, 3.63) is 0 Å². The summed E-state index contributed by atoms with van der Waals surface area (Å²) in [7, 11) is 1.64. The number of hydrogen-bond acceptors (Lipinski definition) is 6. The van der Waals surface area contributed by atoms with Crippen molar-refractivity contribution in [2.45, 2.75) is 6.92 Å². The van der Waals surface area contributed by atoms with Gasteiger partial charge in [0, 0.05) is 26.1 Å². The molecule has 6 nitrogen and oxygen atoms in total. The van der Waals surface area contributed by atoms with Crippen LogP contribution in [0.3, 0.4) is 0 Å². The highest BCUT2D eigenvalue weighted by Crippen LogP contribution is 1.85. The van der Waals surface area contributed by atoms with Gasteiger partial charge in [-0.1, -0.05) is 6.92 Å². The zero-order valence-electron chi connectivity index (χ0n) is 12.1. The first-order valence-electron chi connectivity index (χ1n) is 6.69. The molecule has 0 spiro atoms. The summed E-state index contributed by atoms with van der Waals surface area (Å²) < 4.78 is 20.8. The summed E-state index contributed by atoms with van der Waals surface area (Å²) in [6.07, 6.45) is 0.941. The van der Waals surface area contributed by atoms with E-state index in [4.69, 9.17) is 18.9 Å². The van der Waals surface area contributed by atoms with Gasteiger partial charge < -0.3 is 29.1 Å². The summed E-state index contributed by atoms with van der Waals surface area (Å²) in [6.45, 7) is 7.45. The van der Waals surface area contributed by atoms with Crippen molar-refractivity contribution in [2.75, 3.05) is 66.4 Å². The Bertz CT molecular complexity index is 192. The van der Waals surface area contributed by atoms with Crippen LogP contribution in [0.4, 0.5) is 0 Å². The number of methoxy groups -OCH3 is 1. The molecule has 0 aliphatic rings. The van der Waals surface area contributed by atoms with Gasteiger partial charge in [0.15, 0.2) is 0 Å². The van der Waals surface area contributed by atoms with Gasteiger partial charge in [0.05, 0.1) is 46.2 Å². The second-order valence-corrected chi connectivity index (χ2v) is 4.15. The third kappa shape index (κ3) is 15.4. The lowest BCUT2D eigenvalue weighted by atomic mass is 10.2. The molecule has 1 N–H and O–H groups in total. The van der Waals surface area contributed by atoms with Crippen LogP contribution in [0, 0.1) is 5.92 Å². The zero-order chi connectivity index (χ0) is 14.2. The minimum Gasteiger partial charge on any atom is -0.382 e. The van der Waals surface area contributed by atoms with Gasteiger partial charge in [-0.25, -0.2) is 0 Å². The summed E-state index contributed by atoms with van der Waals surface area (Å²) in [6, 6.07) is 0. The van der Waals surface area contributed by atoms with Gasteiger partial charge >= 0.3 is 0 Å². The molecule has 6 heteroatoms. The van der Waals surface area contributed by atoms with E-state index in [-0.39, 0.29) is 5.92 Å². The summed E-state index contributed by atoms with van der Waals surface area (Å²) in [5, 5.41) is 3.14. The van der Waals surface area contributed by atoms with Crippen molar-refractivity contribution >= 4 is 6.29 Å². The van der Waals surface area contributed by atoms with E-state index in [1.165, 1.54) is 0 Å². The summed E-state index contributed by atoms with van der Waals surface area (Å²) >= 11 is 0. The lowest BCUT2D eigenvalue weighted by molar-refractivity contribution is -0.110. The highest BCUT2D eigenvalue weighted by atomic mass is 16.6. The molecule has 0 rings (SSSR count). The molecular weight excluding hydrogens is 250 g/mol. The largest absolute Gasteiger partial charge is 0.382 e. The molecule has 114 valence electrons. The lowest BCUT2D eigenvalue weighted by Crippen LogP contribution is -2.26. The van der Waals surface area contributed by atoms with Crippen molar-refractivity contribution in [3.8, 4) is 0 Å². The third-order valence-electron chi connectivity index (χ3n) is 2.30. The van der Waals surface area contributed by atoms with E-state index in [9.17, 15) is 4.79 Å². The molecule has 19 heavy (non-hydrogen) atoms. The molecule has 0 aliphatic carbocycles. The smallest absolute Gasteiger partial charge is 0.124 e. The van der Waals surface area contributed by atoms with E-state index >= 15 is 0 Å². The van der Waals surface area contributed by atoms with Gasteiger partial charge in [-0.2, -0.15) is 0 Å². The standard InChI is InChI=1S/C13H27NO5/c1-13(12-15)11-14-3-4-17-7-8-19-10-9-18-6-5-16-2/h12-14H,3-11H2,1-2H3. The Labute approximate surface area is 115 Å². The van der Waals surface area contributed by atoms with Gasteiger partial charge in [-0.15, -0.1) is 0 Å². The second-order valence-electron chi connectivity index (χ2n) is 4.15. The van der Waals surface area contributed by atoms with Crippen molar-refractivity contribution in [3.63, 3.8) is 0 Å². The molecule has 0 fully saturated rings. The molecule has 0 heterocycles. The normalized spacial score (nSPS) is 12.5. The van der Waals surface area contributed by atoms with Gasteiger partial charge in [0.1, 0.15) is 6.29 Å². The summed E-state index contributed by atoms with van der Waals surface area (Å²) in [4.78, 5) is 10.3. The third-order valence-corrected chi connectivity index (χ3v) is 2.30. The van der Waals surface area contributed by atoms with Crippen LogP contribution in [-0.4, -0.2) is 72.7 Å². The average molecular weight is 277 g/mol.